The summed E-state index contributed by atoms with van der Waals surface area (Å²) in [4.78, 5) is 16.0. The van der Waals surface area contributed by atoms with Gasteiger partial charge in [0.2, 0.25) is 0 Å². The normalized spacial score (nSPS) is 11.2. The van der Waals surface area contributed by atoms with E-state index in [1.54, 1.807) is 24.4 Å². The van der Waals surface area contributed by atoms with Gasteiger partial charge in [-0.3, -0.25) is 4.98 Å². The Balaban J connectivity index is 2.09. The summed E-state index contributed by atoms with van der Waals surface area (Å²) in [5.41, 5.74) is 1.24. The van der Waals surface area contributed by atoms with Crippen molar-refractivity contribution in [3.8, 4) is 5.75 Å². The Labute approximate surface area is 128 Å². The van der Waals surface area contributed by atoms with Crippen LogP contribution >= 0.6 is 0 Å². The molecule has 8 heteroatoms. The van der Waals surface area contributed by atoms with E-state index in [1.807, 2.05) is 6.07 Å². The second kappa shape index (κ2) is 6.61. The number of fused-ring (bicyclic) bond motifs is 1. The molecule has 0 aliphatic carbocycles. The van der Waals surface area contributed by atoms with E-state index in [9.17, 15) is 13.2 Å². The van der Waals surface area contributed by atoms with E-state index in [-0.39, 0.29) is 12.3 Å². The first-order valence-corrected chi connectivity index (χ1v) is 8.60. The standard InChI is InChI=1S/C14H17N3O4S/c1-21-12-9-11(8-10-4-3-5-15-13(10)12)17-14(18)16-6-7-22(2,19)20/h3-5,8-9H,6-7H2,1-2H3,(H2,16,17,18). The van der Waals surface area contributed by atoms with E-state index in [4.69, 9.17) is 4.74 Å². The minimum atomic E-state index is -3.10. The van der Waals surface area contributed by atoms with Crippen molar-refractivity contribution in [1.29, 1.82) is 0 Å². The fraction of sp³-hybridized carbons (Fsp3) is 0.286. The Morgan fingerprint density at radius 2 is 2.14 bits per heavy atom. The summed E-state index contributed by atoms with van der Waals surface area (Å²) in [7, 11) is -1.58. The van der Waals surface area contributed by atoms with Crippen LogP contribution < -0.4 is 15.4 Å². The molecular formula is C14H17N3O4S. The van der Waals surface area contributed by atoms with E-state index >= 15 is 0 Å². The molecule has 2 aromatic rings. The molecule has 0 saturated carbocycles. The van der Waals surface area contributed by atoms with Gasteiger partial charge in [-0.25, -0.2) is 13.2 Å². The minimum Gasteiger partial charge on any atom is -0.494 e. The van der Waals surface area contributed by atoms with Crippen LogP contribution in [-0.2, 0) is 9.84 Å². The molecule has 2 amide bonds. The van der Waals surface area contributed by atoms with Crippen LogP contribution in [0.15, 0.2) is 30.5 Å². The van der Waals surface area contributed by atoms with Crippen molar-refractivity contribution in [2.24, 2.45) is 0 Å². The third-order valence-corrected chi connectivity index (χ3v) is 3.85. The number of anilines is 1. The second-order valence-corrected chi connectivity index (χ2v) is 7.02. The van der Waals surface area contributed by atoms with Crippen LogP contribution in [0.1, 0.15) is 0 Å². The van der Waals surface area contributed by atoms with Gasteiger partial charge in [-0.1, -0.05) is 6.07 Å². The highest BCUT2D eigenvalue weighted by Gasteiger charge is 2.09. The highest BCUT2D eigenvalue weighted by Crippen LogP contribution is 2.27. The summed E-state index contributed by atoms with van der Waals surface area (Å²) >= 11 is 0. The zero-order valence-corrected chi connectivity index (χ0v) is 13.1. The lowest BCUT2D eigenvalue weighted by molar-refractivity contribution is 0.252. The maximum atomic E-state index is 11.8. The van der Waals surface area contributed by atoms with Gasteiger partial charge in [0.25, 0.3) is 0 Å². The van der Waals surface area contributed by atoms with E-state index in [1.165, 1.54) is 7.11 Å². The first kappa shape index (κ1) is 16.0. The molecule has 0 saturated heterocycles. The van der Waals surface area contributed by atoms with Gasteiger partial charge in [-0.05, 0) is 12.1 Å². The van der Waals surface area contributed by atoms with Crippen molar-refractivity contribution in [2.75, 3.05) is 31.0 Å². The van der Waals surface area contributed by atoms with E-state index in [2.05, 4.69) is 15.6 Å². The smallest absolute Gasteiger partial charge is 0.319 e. The fourth-order valence-electron chi connectivity index (χ4n) is 1.91. The predicted molar refractivity (Wildman–Crippen MR) is 85.0 cm³/mol. The molecule has 7 nitrogen and oxygen atoms in total. The molecule has 0 spiro atoms. The number of ether oxygens (including phenoxy) is 1. The molecule has 0 atom stereocenters. The zero-order chi connectivity index (χ0) is 16.2. The van der Waals surface area contributed by atoms with Crippen LogP contribution in [0.25, 0.3) is 10.9 Å². The predicted octanol–water partition coefficient (Wildman–Crippen LogP) is 1.41. The maximum Gasteiger partial charge on any atom is 0.319 e. The highest BCUT2D eigenvalue weighted by atomic mass is 32.2. The molecule has 1 aromatic carbocycles. The van der Waals surface area contributed by atoms with Crippen molar-refractivity contribution in [3.05, 3.63) is 30.5 Å². The number of nitrogens with zero attached hydrogens (tertiary/aromatic N) is 1. The number of pyridine rings is 1. The molecule has 2 rings (SSSR count). The Kier molecular flexibility index (Phi) is 4.81. The molecule has 22 heavy (non-hydrogen) atoms. The first-order chi connectivity index (χ1) is 10.4. The largest absolute Gasteiger partial charge is 0.494 e. The molecule has 0 aliphatic heterocycles. The van der Waals surface area contributed by atoms with Crippen LogP contribution in [-0.4, -0.2) is 45.1 Å². The third-order valence-electron chi connectivity index (χ3n) is 2.91. The summed E-state index contributed by atoms with van der Waals surface area (Å²) < 4.78 is 27.3. The van der Waals surface area contributed by atoms with Crippen LogP contribution in [0.5, 0.6) is 5.75 Å². The number of amides is 2. The Bertz CT molecular complexity index is 790. The topological polar surface area (TPSA) is 97.4 Å². The number of methoxy groups -OCH3 is 1. The fourth-order valence-corrected chi connectivity index (χ4v) is 2.38. The van der Waals surface area contributed by atoms with Crippen LogP contribution in [0.2, 0.25) is 0 Å². The van der Waals surface area contributed by atoms with Gasteiger partial charge in [0, 0.05) is 36.1 Å². The van der Waals surface area contributed by atoms with Crippen molar-refractivity contribution in [3.63, 3.8) is 0 Å². The van der Waals surface area contributed by atoms with Crippen molar-refractivity contribution >= 4 is 32.5 Å². The van der Waals surface area contributed by atoms with Gasteiger partial charge >= 0.3 is 6.03 Å². The average molecular weight is 323 g/mol. The molecule has 0 aliphatic rings. The number of benzene rings is 1. The number of urea groups is 1. The zero-order valence-electron chi connectivity index (χ0n) is 12.3. The SMILES string of the molecule is COc1cc(NC(=O)NCCS(C)(=O)=O)cc2cccnc12. The van der Waals surface area contributed by atoms with Crippen LogP contribution in [0.4, 0.5) is 10.5 Å². The molecule has 118 valence electrons. The van der Waals surface area contributed by atoms with E-state index in [0.717, 1.165) is 11.6 Å². The monoisotopic (exact) mass is 323 g/mol. The van der Waals surface area contributed by atoms with E-state index in [0.29, 0.717) is 17.0 Å². The van der Waals surface area contributed by atoms with E-state index < -0.39 is 15.9 Å². The van der Waals surface area contributed by atoms with Gasteiger partial charge in [0.05, 0.1) is 12.9 Å². The molecule has 0 bridgehead atoms. The Morgan fingerprint density at radius 3 is 2.82 bits per heavy atom. The molecular weight excluding hydrogens is 306 g/mol. The molecule has 2 N–H and O–H groups in total. The average Bonchev–Trinajstić information content (AvgIpc) is 2.45. The number of carbonyl (C=O) groups excluding carboxylic acids is 1. The molecule has 1 aromatic heterocycles. The highest BCUT2D eigenvalue weighted by molar-refractivity contribution is 7.90. The van der Waals surface area contributed by atoms with Crippen LogP contribution in [0.3, 0.4) is 0 Å². The lowest BCUT2D eigenvalue weighted by Gasteiger charge is -2.10. The van der Waals surface area contributed by atoms with Gasteiger partial charge in [-0.15, -0.1) is 0 Å². The summed E-state index contributed by atoms with van der Waals surface area (Å²) in [6.45, 7) is 0.0525. The second-order valence-electron chi connectivity index (χ2n) is 4.76. The van der Waals surface area contributed by atoms with Crippen molar-refractivity contribution in [2.45, 2.75) is 0 Å². The first-order valence-electron chi connectivity index (χ1n) is 6.54. The summed E-state index contributed by atoms with van der Waals surface area (Å²) in [6.07, 6.45) is 2.78. The Hall–Kier alpha value is -2.35. The number of sulfone groups is 1. The number of hydrogen-bond acceptors (Lipinski definition) is 5. The summed E-state index contributed by atoms with van der Waals surface area (Å²) in [5, 5.41) is 5.96. The number of hydrogen-bond donors (Lipinski definition) is 2. The molecule has 0 fully saturated rings. The summed E-state index contributed by atoms with van der Waals surface area (Å²) in [5.74, 6) is 0.440. The number of nitrogens with one attached hydrogen (secondary N) is 2. The summed E-state index contributed by atoms with van der Waals surface area (Å²) in [6, 6.07) is 6.59. The maximum absolute atomic E-state index is 11.8. The Morgan fingerprint density at radius 1 is 1.36 bits per heavy atom. The number of rotatable bonds is 5. The van der Waals surface area contributed by atoms with Gasteiger partial charge in [-0.2, -0.15) is 0 Å². The molecule has 1 heterocycles. The van der Waals surface area contributed by atoms with Gasteiger partial charge in [0.15, 0.2) is 0 Å². The van der Waals surface area contributed by atoms with Gasteiger partial charge < -0.3 is 15.4 Å². The molecule has 0 unspecified atom stereocenters. The quantitative estimate of drug-likeness (QED) is 0.867. The van der Waals surface area contributed by atoms with Crippen molar-refractivity contribution < 1.29 is 17.9 Å². The van der Waals surface area contributed by atoms with Crippen molar-refractivity contribution in [1.82, 2.24) is 10.3 Å². The number of carbonyl (C=O) groups is 1. The number of aromatic nitrogens is 1. The van der Waals surface area contributed by atoms with Crippen LogP contribution in [0, 0.1) is 0 Å². The molecule has 0 radical (unpaired) electrons. The van der Waals surface area contributed by atoms with Gasteiger partial charge in [0.1, 0.15) is 21.1 Å². The lowest BCUT2D eigenvalue weighted by Crippen LogP contribution is -2.32. The third kappa shape index (κ3) is 4.32. The lowest BCUT2D eigenvalue weighted by atomic mass is 10.2. The minimum absolute atomic E-state index is 0.0525.